The highest BCUT2D eigenvalue weighted by molar-refractivity contribution is 7.99. The summed E-state index contributed by atoms with van der Waals surface area (Å²) in [5, 5.41) is 17.3. The van der Waals surface area contributed by atoms with Crippen molar-refractivity contribution in [2.24, 2.45) is 0 Å². The molecule has 0 bridgehead atoms. The molecule has 9 heteroatoms. The number of rotatable bonds is 8. The van der Waals surface area contributed by atoms with Gasteiger partial charge in [0.05, 0.1) is 15.7 Å². The molecule has 0 atom stereocenters. The number of hydrogen-bond acceptors (Lipinski definition) is 5. The van der Waals surface area contributed by atoms with Gasteiger partial charge in [-0.25, -0.2) is 0 Å². The maximum absolute atomic E-state index is 6.01. The summed E-state index contributed by atoms with van der Waals surface area (Å²) in [7, 11) is 0. The lowest BCUT2D eigenvalue weighted by atomic mass is 10.2. The normalized spacial score (nSPS) is 10.5. The van der Waals surface area contributed by atoms with Crippen molar-refractivity contribution in [2.45, 2.75) is 18.1 Å². The minimum atomic E-state index is 0. The van der Waals surface area contributed by atoms with E-state index in [1.54, 1.807) is 16.4 Å². The summed E-state index contributed by atoms with van der Waals surface area (Å²) in [6.07, 6.45) is 1.01. The highest BCUT2D eigenvalue weighted by Gasteiger charge is 2.08. The number of thioether (sulfide) groups is 1. The lowest BCUT2D eigenvalue weighted by Gasteiger charge is -2.06. The first-order valence-corrected chi connectivity index (χ1v) is 9.59. The Bertz CT molecular complexity index is 813. The highest BCUT2D eigenvalue weighted by atomic mass is 35.5. The lowest BCUT2D eigenvalue weighted by Crippen LogP contribution is -3.00. The van der Waals surface area contributed by atoms with Crippen molar-refractivity contribution in [3.05, 3.63) is 64.1 Å². The molecule has 1 N–H and O–H groups in total. The Labute approximate surface area is 172 Å². The fraction of sp³-hybridized carbons (Fsp3) is 0.235. The predicted molar refractivity (Wildman–Crippen MR) is 103 cm³/mol. The molecule has 138 valence electrons. The summed E-state index contributed by atoms with van der Waals surface area (Å²) >= 11 is 13.6. The van der Waals surface area contributed by atoms with E-state index in [0.29, 0.717) is 10.0 Å². The van der Waals surface area contributed by atoms with E-state index in [2.05, 4.69) is 20.8 Å². The van der Waals surface area contributed by atoms with Gasteiger partial charge in [0.25, 0.3) is 0 Å². The zero-order valence-electron chi connectivity index (χ0n) is 13.8. The molecule has 0 saturated heterocycles. The molecule has 2 aromatic carbocycles. The number of hydrogen-bond donors (Lipinski definition) is 1. The number of nitrogens with zero attached hydrogens (tertiary/aromatic N) is 4. The van der Waals surface area contributed by atoms with Gasteiger partial charge in [-0.1, -0.05) is 59.2 Å². The SMILES string of the molecule is Clc1ccc(CNCCCSc2nnnn2-c2ccccc2)cc1Cl.[Cl-]. The minimum Gasteiger partial charge on any atom is -1.00 e. The molecule has 0 radical (unpaired) electrons. The van der Waals surface area contributed by atoms with Crippen LogP contribution in [0.25, 0.3) is 5.69 Å². The Kier molecular flexibility index (Phi) is 8.68. The van der Waals surface area contributed by atoms with Gasteiger partial charge in [-0.05, 0) is 53.2 Å². The summed E-state index contributed by atoms with van der Waals surface area (Å²) in [4.78, 5) is 0. The predicted octanol–water partition coefficient (Wildman–Crippen LogP) is 1.25. The summed E-state index contributed by atoms with van der Waals surface area (Å²) < 4.78 is 1.76. The smallest absolute Gasteiger partial charge is 0.214 e. The Hall–Kier alpha value is -1.31. The van der Waals surface area contributed by atoms with E-state index < -0.39 is 0 Å². The Morgan fingerprint density at radius 2 is 1.85 bits per heavy atom. The van der Waals surface area contributed by atoms with Crippen LogP contribution >= 0.6 is 35.0 Å². The van der Waals surface area contributed by atoms with E-state index in [0.717, 1.165) is 41.7 Å². The first kappa shape index (κ1) is 21.0. The molecular weight excluding hydrogens is 413 g/mol. The first-order chi connectivity index (χ1) is 12.2. The standard InChI is InChI=1S/C17H17Cl2N5S.ClH/c18-15-8-7-13(11-16(15)19)12-20-9-4-10-25-17-21-22-23-24(17)14-5-2-1-3-6-14;/h1-3,5-8,11,20H,4,9-10,12H2;1H/p-1. The minimum absolute atomic E-state index is 0. The van der Waals surface area contributed by atoms with E-state index in [1.165, 1.54) is 0 Å². The summed E-state index contributed by atoms with van der Waals surface area (Å²) in [5.74, 6) is 0.932. The third-order valence-corrected chi connectivity index (χ3v) is 5.23. The Morgan fingerprint density at radius 1 is 1.04 bits per heavy atom. The molecule has 0 saturated carbocycles. The number of aromatic nitrogens is 4. The molecule has 0 amide bonds. The van der Waals surface area contributed by atoms with E-state index >= 15 is 0 Å². The van der Waals surface area contributed by atoms with Crippen LogP contribution in [0.4, 0.5) is 0 Å². The monoisotopic (exact) mass is 428 g/mol. The molecule has 1 heterocycles. The second-order valence-electron chi connectivity index (χ2n) is 5.34. The van der Waals surface area contributed by atoms with Crippen LogP contribution in [-0.2, 0) is 6.54 Å². The van der Waals surface area contributed by atoms with Crippen LogP contribution in [-0.4, -0.2) is 32.5 Å². The molecule has 26 heavy (non-hydrogen) atoms. The average molecular weight is 430 g/mol. The van der Waals surface area contributed by atoms with E-state index in [1.807, 2.05) is 48.5 Å². The van der Waals surface area contributed by atoms with Gasteiger partial charge in [0.1, 0.15) is 0 Å². The summed E-state index contributed by atoms with van der Waals surface area (Å²) in [6.45, 7) is 1.67. The number of para-hydroxylation sites is 1. The fourth-order valence-corrected chi connectivity index (χ4v) is 3.39. The van der Waals surface area contributed by atoms with Crippen LogP contribution in [0.2, 0.25) is 10.0 Å². The number of halogens is 3. The van der Waals surface area contributed by atoms with Gasteiger partial charge in [0, 0.05) is 12.3 Å². The van der Waals surface area contributed by atoms with Gasteiger partial charge in [0.2, 0.25) is 5.16 Å². The Balaban J connectivity index is 0.00000243. The third kappa shape index (κ3) is 5.86. The summed E-state index contributed by atoms with van der Waals surface area (Å²) in [6, 6.07) is 15.6. The number of tetrazole rings is 1. The third-order valence-electron chi connectivity index (χ3n) is 3.48. The van der Waals surface area contributed by atoms with Gasteiger partial charge in [-0.2, -0.15) is 4.68 Å². The topological polar surface area (TPSA) is 55.6 Å². The quantitative estimate of drug-likeness (QED) is 0.431. The molecule has 0 aliphatic carbocycles. The number of benzene rings is 2. The van der Waals surface area contributed by atoms with Crippen LogP contribution in [0.15, 0.2) is 53.7 Å². The van der Waals surface area contributed by atoms with Crippen molar-refractivity contribution < 1.29 is 12.4 Å². The molecule has 0 fully saturated rings. The van der Waals surface area contributed by atoms with Gasteiger partial charge in [0.15, 0.2) is 0 Å². The molecule has 3 rings (SSSR count). The largest absolute Gasteiger partial charge is 1.00 e. The van der Waals surface area contributed by atoms with Gasteiger partial charge in [-0.15, -0.1) is 5.10 Å². The van der Waals surface area contributed by atoms with Crippen LogP contribution in [0.1, 0.15) is 12.0 Å². The zero-order chi connectivity index (χ0) is 17.5. The molecule has 5 nitrogen and oxygen atoms in total. The van der Waals surface area contributed by atoms with Crippen molar-refractivity contribution in [1.29, 1.82) is 0 Å². The average Bonchev–Trinajstić information content (AvgIpc) is 3.10. The molecule has 3 aromatic rings. The van der Waals surface area contributed by atoms with Crippen LogP contribution < -0.4 is 17.7 Å². The molecular formula is C17H17Cl3N5S-. The number of nitrogens with one attached hydrogen (secondary N) is 1. The lowest BCUT2D eigenvalue weighted by molar-refractivity contribution is -0.00000498. The van der Waals surface area contributed by atoms with Gasteiger partial charge < -0.3 is 17.7 Å². The van der Waals surface area contributed by atoms with E-state index in [-0.39, 0.29) is 12.4 Å². The molecule has 0 aliphatic rings. The second kappa shape index (κ2) is 10.7. The van der Waals surface area contributed by atoms with Crippen molar-refractivity contribution >= 4 is 35.0 Å². The molecule has 1 aromatic heterocycles. The maximum atomic E-state index is 6.01. The van der Waals surface area contributed by atoms with Crippen molar-refractivity contribution in [2.75, 3.05) is 12.3 Å². The Morgan fingerprint density at radius 3 is 2.62 bits per heavy atom. The van der Waals surface area contributed by atoms with Gasteiger partial charge in [-0.3, -0.25) is 0 Å². The molecule has 0 unspecified atom stereocenters. The van der Waals surface area contributed by atoms with Gasteiger partial charge >= 0.3 is 0 Å². The van der Waals surface area contributed by atoms with Crippen molar-refractivity contribution in [3.63, 3.8) is 0 Å². The van der Waals surface area contributed by atoms with Crippen LogP contribution in [0.5, 0.6) is 0 Å². The molecule has 0 aliphatic heterocycles. The highest BCUT2D eigenvalue weighted by Crippen LogP contribution is 2.22. The van der Waals surface area contributed by atoms with Crippen molar-refractivity contribution in [1.82, 2.24) is 25.5 Å². The van der Waals surface area contributed by atoms with E-state index in [4.69, 9.17) is 23.2 Å². The van der Waals surface area contributed by atoms with Crippen LogP contribution in [0.3, 0.4) is 0 Å². The second-order valence-corrected chi connectivity index (χ2v) is 7.21. The fourth-order valence-electron chi connectivity index (χ4n) is 2.24. The van der Waals surface area contributed by atoms with E-state index in [9.17, 15) is 0 Å². The first-order valence-electron chi connectivity index (χ1n) is 7.85. The van der Waals surface area contributed by atoms with Crippen molar-refractivity contribution in [3.8, 4) is 5.69 Å². The summed E-state index contributed by atoms with van der Waals surface area (Å²) in [5.41, 5.74) is 2.09. The maximum Gasteiger partial charge on any atom is 0.214 e. The zero-order valence-corrected chi connectivity index (χ0v) is 16.9. The van der Waals surface area contributed by atoms with Crippen LogP contribution in [0, 0.1) is 0 Å². The molecule has 0 spiro atoms.